The minimum absolute atomic E-state index is 0.103. The Labute approximate surface area is 144 Å². The molecular formula is C18H15NO2S2. The average Bonchev–Trinajstić information content (AvgIpc) is 3.09. The molecule has 116 valence electrons. The van der Waals surface area contributed by atoms with Crippen molar-refractivity contribution in [3.8, 4) is 11.3 Å². The van der Waals surface area contributed by atoms with Crippen LogP contribution in [0.15, 0.2) is 58.4 Å². The lowest BCUT2D eigenvalue weighted by Crippen LogP contribution is -2.27. The van der Waals surface area contributed by atoms with Crippen LogP contribution in [0.1, 0.15) is 11.3 Å². The minimum atomic E-state index is -0.103. The van der Waals surface area contributed by atoms with E-state index >= 15 is 0 Å². The molecule has 23 heavy (non-hydrogen) atoms. The quantitative estimate of drug-likeness (QED) is 0.461. The molecule has 1 fully saturated rings. The zero-order valence-electron chi connectivity index (χ0n) is 12.6. The minimum Gasteiger partial charge on any atom is -0.457 e. The van der Waals surface area contributed by atoms with Crippen molar-refractivity contribution in [2.45, 2.75) is 6.92 Å². The molecule has 3 nitrogen and oxygen atoms in total. The van der Waals surface area contributed by atoms with E-state index in [4.69, 9.17) is 16.6 Å². The Bertz CT molecular complexity index is 820. The number of amides is 1. The van der Waals surface area contributed by atoms with Crippen LogP contribution in [-0.2, 0) is 4.79 Å². The number of thiocarbonyl (C=S) groups is 1. The van der Waals surface area contributed by atoms with E-state index in [-0.39, 0.29) is 5.91 Å². The second kappa shape index (κ2) is 6.56. The molecule has 5 heteroatoms. The fraction of sp³-hybridized carbons (Fsp3) is 0.111. The van der Waals surface area contributed by atoms with Crippen LogP contribution in [0, 0.1) is 6.92 Å². The Balaban J connectivity index is 1.87. The predicted molar refractivity (Wildman–Crippen MR) is 99.0 cm³/mol. The summed E-state index contributed by atoms with van der Waals surface area (Å²) in [5.74, 6) is 1.33. The molecule has 1 amide bonds. The summed E-state index contributed by atoms with van der Waals surface area (Å²) in [7, 11) is 0. The summed E-state index contributed by atoms with van der Waals surface area (Å²) in [6.07, 6.45) is 3.40. The Kier molecular flexibility index (Phi) is 4.50. The second-order valence-corrected chi connectivity index (χ2v) is 6.77. The molecule has 0 bridgehead atoms. The van der Waals surface area contributed by atoms with Crippen molar-refractivity contribution in [1.82, 2.24) is 4.90 Å². The number of carbonyl (C=O) groups is 1. The molecule has 2 aromatic rings. The van der Waals surface area contributed by atoms with Gasteiger partial charge in [-0.15, -0.1) is 6.58 Å². The number of nitrogens with zero attached hydrogens (tertiary/aromatic N) is 1. The summed E-state index contributed by atoms with van der Waals surface area (Å²) in [6.45, 7) is 6.11. The number of hydrogen-bond acceptors (Lipinski definition) is 4. The molecule has 0 N–H and O–H groups in total. The molecule has 0 atom stereocenters. The van der Waals surface area contributed by atoms with Gasteiger partial charge in [-0.25, -0.2) is 0 Å². The highest BCUT2D eigenvalue weighted by atomic mass is 32.2. The normalized spacial score (nSPS) is 16.4. The Hall–Kier alpha value is -2.11. The molecule has 1 aliphatic heterocycles. The maximum atomic E-state index is 12.3. The average molecular weight is 341 g/mol. The van der Waals surface area contributed by atoms with Gasteiger partial charge in [0.1, 0.15) is 15.8 Å². The van der Waals surface area contributed by atoms with Gasteiger partial charge in [0.25, 0.3) is 5.91 Å². The van der Waals surface area contributed by atoms with Crippen LogP contribution in [0.25, 0.3) is 17.4 Å². The van der Waals surface area contributed by atoms with Gasteiger partial charge in [0.15, 0.2) is 0 Å². The standard InChI is InChI=1S/C18H15NO2S2/c1-3-10-19-17(20)16(23-18(19)22)11-13-8-9-15(21-13)14-7-5-4-6-12(14)2/h3-9,11H,1,10H2,2H3/b16-11-. The van der Waals surface area contributed by atoms with E-state index in [0.717, 1.165) is 16.9 Å². The first-order valence-corrected chi connectivity index (χ1v) is 8.34. The van der Waals surface area contributed by atoms with Crippen molar-refractivity contribution in [3.63, 3.8) is 0 Å². The summed E-state index contributed by atoms with van der Waals surface area (Å²) in [5.41, 5.74) is 2.19. The molecular weight excluding hydrogens is 326 g/mol. The van der Waals surface area contributed by atoms with Crippen molar-refractivity contribution in [1.29, 1.82) is 0 Å². The van der Waals surface area contributed by atoms with Crippen LogP contribution < -0.4 is 0 Å². The van der Waals surface area contributed by atoms with Crippen molar-refractivity contribution in [2.75, 3.05) is 6.54 Å². The third-order valence-electron chi connectivity index (χ3n) is 3.50. The number of aryl methyl sites for hydroxylation is 1. The molecule has 0 unspecified atom stereocenters. The number of carbonyl (C=O) groups excluding carboxylic acids is 1. The summed E-state index contributed by atoms with van der Waals surface area (Å²) in [6, 6.07) is 11.8. The summed E-state index contributed by atoms with van der Waals surface area (Å²) in [4.78, 5) is 14.4. The van der Waals surface area contributed by atoms with E-state index in [1.165, 1.54) is 16.7 Å². The summed E-state index contributed by atoms with van der Waals surface area (Å²) < 4.78 is 6.42. The smallest absolute Gasteiger partial charge is 0.266 e. The van der Waals surface area contributed by atoms with Gasteiger partial charge in [0, 0.05) is 18.2 Å². The van der Waals surface area contributed by atoms with Gasteiger partial charge in [-0.1, -0.05) is 54.3 Å². The van der Waals surface area contributed by atoms with E-state index in [2.05, 4.69) is 6.58 Å². The van der Waals surface area contributed by atoms with Crippen molar-refractivity contribution < 1.29 is 9.21 Å². The number of thioether (sulfide) groups is 1. The van der Waals surface area contributed by atoms with E-state index in [0.29, 0.717) is 21.5 Å². The monoisotopic (exact) mass is 341 g/mol. The Morgan fingerprint density at radius 3 is 2.83 bits per heavy atom. The number of hydrogen-bond donors (Lipinski definition) is 0. The summed E-state index contributed by atoms with van der Waals surface area (Å²) in [5, 5.41) is 0. The molecule has 0 aliphatic carbocycles. The van der Waals surface area contributed by atoms with E-state index in [9.17, 15) is 4.79 Å². The fourth-order valence-electron chi connectivity index (χ4n) is 2.34. The zero-order chi connectivity index (χ0) is 16.4. The highest BCUT2D eigenvalue weighted by Gasteiger charge is 2.31. The van der Waals surface area contributed by atoms with Gasteiger partial charge in [-0.05, 0) is 24.6 Å². The van der Waals surface area contributed by atoms with Crippen LogP contribution in [0.4, 0.5) is 0 Å². The molecule has 1 aromatic heterocycles. The lowest BCUT2D eigenvalue weighted by molar-refractivity contribution is -0.121. The number of benzene rings is 1. The van der Waals surface area contributed by atoms with Gasteiger partial charge < -0.3 is 4.42 Å². The van der Waals surface area contributed by atoms with Gasteiger partial charge in [-0.2, -0.15) is 0 Å². The first-order chi connectivity index (χ1) is 11.1. The highest BCUT2D eigenvalue weighted by molar-refractivity contribution is 8.26. The fourth-order valence-corrected chi connectivity index (χ4v) is 3.60. The van der Waals surface area contributed by atoms with Crippen LogP contribution in [0.3, 0.4) is 0 Å². The van der Waals surface area contributed by atoms with Gasteiger partial charge >= 0.3 is 0 Å². The SMILES string of the molecule is C=CCN1C(=O)/C(=C/c2ccc(-c3ccccc3C)o2)SC1=S. The van der Waals surface area contributed by atoms with Gasteiger partial charge in [-0.3, -0.25) is 9.69 Å². The maximum absolute atomic E-state index is 12.3. The van der Waals surface area contributed by atoms with Crippen LogP contribution in [0.5, 0.6) is 0 Å². The van der Waals surface area contributed by atoms with Crippen molar-refractivity contribution in [3.05, 3.63) is 65.3 Å². The molecule has 0 spiro atoms. The lowest BCUT2D eigenvalue weighted by Gasteiger charge is -2.10. The van der Waals surface area contributed by atoms with Crippen molar-refractivity contribution >= 4 is 40.3 Å². The first-order valence-electron chi connectivity index (χ1n) is 7.12. The zero-order valence-corrected chi connectivity index (χ0v) is 14.2. The third kappa shape index (κ3) is 3.16. The maximum Gasteiger partial charge on any atom is 0.266 e. The molecule has 1 aromatic carbocycles. The van der Waals surface area contributed by atoms with Crippen LogP contribution >= 0.6 is 24.0 Å². The Morgan fingerprint density at radius 2 is 2.09 bits per heavy atom. The highest BCUT2D eigenvalue weighted by Crippen LogP contribution is 2.33. The van der Waals surface area contributed by atoms with Gasteiger partial charge in [0.2, 0.25) is 0 Å². The Morgan fingerprint density at radius 1 is 1.30 bits per heavy atom. The second-order valence-electron chi connectivity index (χ2n) is 5.10. The molecule has 1 aliphatic rings. The van der Waals surface area contributed by atoms with E-state index < -0.39 is 0 Å². The first kappa shape index (κ1) is 15.8. The number of rotatable bonds is 4. The van der Waals surface area contributed by atoms with Gasteiger partial charge in [0.05, 0.1) is 4.91 Å². The molecule has 2 heterocycles. The van der Waals surface area contributed by atoms with Crippen molar-refractivity contribution in [2.24, 2.45) is 0 Å². The molecule has 0 radical (unpaired) electrons. The van der Waals surface area contributed by atoms with E-state index in [1.54, 1.807) is 12.2 Å². The molecule has 1 saturated heterocycles. The summed E-state index contributed by atoms with van der Waals surface area (Å²) >= 11 is 6.51. The van der Waals surface area contributed by atoms with Crippen LogP contribution in [-0.4, -0.2) is 21.7 Å². The third-order valence-corrected chi connectivity index (χ3v) is 4.87. The molecule has 3 rings (SSSR count). The largest absolute Gasteiger partial charge is 0.457 e. The molecule has 0 saturated carbocycles. The topological polar surface area (TPSA) is 33.5 Å². The van der Waals surface area contributed by atoms with Crippen LogP contribution in [0.2, 0.25) is 0 Å². The number of furan rings is 1. The van der Waals surface area contributed by atoms with E-state index in [1.807, 2.05) is 43.3 Å². The predicted octanol–water partition coefficient (Wildman–Crippen LogP) is 4.64. The lowest BCUT2D eigenvalue weighted by atomic mass is 10.1.